The Labute approximate surface area is 158 Å². The third-order valence-corrected chi connectivity index (χ3v) is 4.96. The zero-order valence-corrected chi connectivity index (χ0v) is 15.6. The maximum Gasteiger partial charge on any atom is 0.253 e. The molecule has 142 valence electrons. The fourth-order valence-corrected chi connectivity index (χ4v) is 3.41. The smallest absolute Gasteiger partial charge is 0.253 e. The molecule has 2 amide bonds. The van der Waals surface area contributed by atoms with Crippen LogP contribution in [0.25, 0.3) is 11.1 Å². The summed E-state index contributed by atoms with van der Waals surface area (Å²) in [7, 11) is 3.22. The van der Waals surface area contributed by atoms with Crippen molar-refractivity contribution >= 4 is 11.8 Å². The number of nitrogens with zero attached hydrogens (tertiary/aromatic N) is 1. The number of hydrogen-bond acceptors (Lipinski definition) is 4. The highest BCUT2D eigenvalue weighted by Gasteiger charge is 2.27. The summed E-state index contributed by atoms with van der Waals surface area (Å²) in [6.45, 7) is 1.04. The number of methoxy groups -OCH3 is 2. The standard InChI is InChI=1S/C21H24N2O4/c1-26-17-9-10-18(19(12-17)27-2)14-5-7-15(8-6-14)21(25)23-11-3-4-16(13-23)20(22)24/h5-10,12,16H,3-4,11,13H2,1-2H3,(H2,22,24). The molecule has 2 N–H and O–H groups in total. The first-order valence-electron chi connectivity index (χ1n) is 8.94. The van der Waals surface area contributed by atoms with E-state index >= 15 is 0 Å². The molecule has 0 bridgehead atoms. The zero-order valence-electron chi connectivity index (χ0n) is 15.6. The van der Waals surface area contributed by atoms with Crippen molar-refractivity contribution in [2.75, 3.05) is 27.3 Å². The third-order valence-electron chi connectivity index (χ3n) is 4.96. The molecule has 0 aromatic heterocycles. The summed E-state index contributed by atoms with van der Waals surface area (Å²) in [4.78, 5) is 25.9. The number of amides is 2. The van der Waals surface area contributed by atoms with E-state index in [2.05, 4.69) is 0 Å². The second kappa shape index (κ2) is 8.12. The minimum absolute atomic E-state index is 0.0748. The average Bonchev–Trinajstić information content (AvgIpc) is 2.73. The molecule has 1 aliphatic heterocycles. The van der Waals surface area contributed by atoms with Gasteiger partial charge in [-0.2, -0.15) is 0 Å². The first-order chi connectivity index (χ1) is 13.0. The van der Waals surface area contributed by atoms with Crippen LogP contribution in [0.2, 0.25) is 0 Å². The summed E-state index contributed by atoms with van der Waals surface area (Å²) >= 11 is 0. The summed E-state index contributed by atoms with van der Waals surface area (Å²) in [5.41, 5.74) is 7.86. The Morgan fingerprint density at radius 1 is 1.07 bits per heavy atom. The first kappa shape index (κ1) is 18.8. The average molecular weight is 368 g/mol. The van der Waals surface area contributed by atoms with E-state index in [0.717, 1.165) is 29.7 Å². The van der Waals surface area contributed by atoms with E-state index in [1.807, 2.05) is 30.3 Å². The fourth-order valence-electron chi connectivity index (χ4n) is 3.41. The SMILES string of the molecule is COc1ccc(-c2ccc(C(=O)N3CCCC(C(N)=O)C3)cc2)c(OC)c1. The second-order valence-electron chi connectivity index (χ2n) is 6.64. The molecular formula is C21H24N2O4. The van der Waals surface area contributed by atoms with Gasteiger partial charge < -0.3 is 20.1 Å². The molecule has 1 atom stereocenters. The highest BCUT2D eigenvalue weighted by Crippen LogP contribution is 2.33. The summed E-state index contributed by atoms with van der Waals surface area (Å²) < 4.78 is 10.7. The van der Waals surface area contributed by atoms with Crippen LogP contribution in [0.3, 0.4) is 0 Å². The Hall–Kier alpha value is -3.02. The van der Waals surface area contributed by atoms with Crippen molar-refractivity contribution in [2.24, 2.45) is 11.7 Å². The molecule has 27 heavy (non-hydrogen) atoms. The lowest BCUT2D eigenvalue weighted by atomic mass is 9.96. The molecule has 0 radical (unpaired) electrons. The molecule has 2 aromatic rings. The molecule has 1 fully saturated rings. The largest absolute Gasteiger partial charge is 0.497 e. The van der Waals surface area contributed by atoms with Gasteiger partial charge in [-0.25, -0.2) is 0 Å². The fraction of sp³-hybridized carbons (Fsp3) is 0.333. The predicted octanol–water partition coefficient (Wildman–Crippen LogP) is 2.71. The van der Waals surface area contributed by atoms with Crippen LogP contribution in [0.1, 0.15) is 23.2 Å². The van der Waals surface area contributed by atoms with Gasteiger partial charge in [0.05, 0.1) is 20.1 Å². The number of piperidine rings is 1. The van der Waals surface area contributed by atoms with Crippen molar-refractivity contribution in [2.45, 2.75) is 12.8 Å². The van der Waals surface area contributed by atoms with E-state index < -0.39 is 0 Å². The second-order valence-corrected chi connectivity index (χ2v) is 6.64. The number of ether oxygens (including phenoxy) is 2. The number of hydrogen-bond donors (Lipinski definition) is 1. The minimum Gasteiger partial charge on any atom is -0.497 e. The van der Waals surface area contributed by atoms with Crippen LogP contribution < -0.4 is 15.2 Å². The maximum atomic E-state index is 12.8. The lowest BCUT2D eigenvalue weighted by molar-refractivity contribution is -0.123. The minimum atomic E-state index is -0.338. The number of likely N-dealkylation sites (tertiary alicyclic amines) is 1. The van der Waals surface area contributed by atoms with Crippen LogP contribution in [0.4, 0.5) is 0 Å². The Morgan fingerprint density at radius 3 is 2.44 bits per heavy atom. The molecule has 2 aromatic carbocycles. The zero-order chi connectivity index (χ0) is 19.4. The van der Waals surface area contributed by atoms with E-state index in [-0.39, 0.29) is 17.7 Å². The highest BCUT2D eigenvalue weighted by atomic mass is 16.5. The molecule has 3 rings (SSSR count). The molecule has 0 spiro atoms. The van der Waals surface area contributed by atoms with Gasteiger partial charge in [-0.05, 0) is 42.7 Å². The molecule has 0 saturated carbocycles. The lowest BCUT2D eigenvalue weighted by Crippen LogP contribution is -2.44. The molecule has 6 heteroatoms. The Balaban J connectivity index is 1.79. The van der Waals surface area contributed by atoms with Crippen molar-refractivity contribution in [1.82, 2.24) is 4.90 Å². The number of carbonyl (C=O) groups is 2. The molecular weight excluding hydrogens is 344 g/mol. The number of primary amides is 1. The van der Waals surface area contributed by atoms with Crippen LogP contribution >= 0.6 is 0 Å². The van der Waals surface area contributed by atoms with Crippen molar-refractivity contribution < 1.29 is 19.1 Å². The van der Waals surface area contributed by atoms with E-state index in [4.69, 9.17) is 15.2 Å². The van der Waals surface area contributed by atoms with Gasteiger partial charge in [0.25, 0.3) is 5.91 Å². The normalized spacial score (nSPS) is 16.7. The Morgan fingerprint density at radius 2 is 1.81 bits per heavy atom. The molecule has 0 aliphatic carbocycles. The van der Waals surface area contributed by atoms with Gasteiger partial charge in [0.15, 0.2) is 0 Å². The number of nitrogens with two attached hydrogens (primary N) is 1. The first-order valence-corrected chi connectivity index (χ1v) is 8.94. The van der Waals surface area contributed by atoms with Crippen molar-refractivity contribution in [1.29, 1.82) is 0 Å². The van der Waals surface area contributed by atoms with Crippen LogP contribution in [0.15, 0.2) is 42.5 Å². The third kappa shape index (κ3) is 4.05. The van der Waals surface area contributed by atoms with Crippen LogP contribution in [0.5, 0.6) is 11.5 Å². The molecule has 1 unspecified atom stereocenters. The summed E-state index contributed by atoms with van der Waals surface area (Å²) in [5, 5.41) is 0. The maximum absolute atomic E-state index is 12.8. The Bertz CT molecular complexity index is 833. The van der Waals surface area contributed by atoms with E-state index in [0.29, 0.717) is 24.4 Å². The summed E-state index contributed by atoms with van der Waals surface area (Å²) in [6.07, 6.45) is 1.54. The van der Waals surface area contributed by atoms with Gasteiger partial charge in [-0.3, -0.25) is 9.59 Å². The molecule has 1 heterocycles. The van der Waals surface area contributed by atoms with Crippen LogP contribution in [-0.2, 0) is 4.79 Å². The van der Waals surface area contributed by atoms with Crippen molar-refractivity contribution in [3.63, 3.8) is 0 Å². The van der Waals surface area contributed by atoms with Crippen LogP contribution in [0, 0.1) is 5.92 Å². The molecule has 1 aliphatic rings. The number of benzene rings is 2. The summed E-state index contributed by atoms with van der Waals surface area (Å²) in [6, 6.07) is 13.0. The van der Waals surface area contributed by atoms with Gasteiger partial charge in [0.1, 0.15) is 11.5 Å². The monoisotopic (exact) mass is 368 g/mol. The highest BCUT2D eigenvalue weighted by molar-refractivity contribution is 5.95. The van der Waals surface area contributed by atoms with Crippen molar-refractivity contribution in [3.8, 4) is 22.6 Å². The topological polar surface area (TPSA) is 81.9 Å². The van der Waals surface area contributed by atoms with Crippen molar-refractivity contribution in [3.05, 3.63) is 48.0 Å². The van der Waals surface area contributed by atoms with Crippen LogP contribution in [-0.4, -0.2) is 44.0 Å². The molecule has 1 saturated heterocycles. The number of carbonyl (C=O) groups excluding carboxylic acids is 2. The van der Waals surface area contributed by atoms with E-state index in [9.17, 15) is 9.59 Å². The molecule has 6 nitrogen and oxygen atoms in total. The van der Waals surface area contributed by atoms with E-state index in [1.165, 1.54) is 0 Å². The van der Waals surface area contributed by atoms with Gasteiger partial charge in [0.2, 0.25) is 5.91 Å². The van der Waals surface area contributed by atoms with Gasteiger partial charge >= 0.3 is 0 Å². The predicted molar refractivity (Wildman–Crippen MR) is 103 cm³/mol. The summed E-state index contributed by atoms with van der Waals surface area (Å²) in [5.74, 6) is 0.749. The number of rotatable bonds is 5. The van der Waals surface area contributed by atoms with E-state index in [1.54, 1.807) is 31.3 Å². The quantitative estimate of drug-likeness (QED) is 0.880. The van der Waals surface area contributed by atoms with Gasteiger partial charge in [-0.1, -0.05) is 12.1 Å². The lowest BCUT2D eigenvalue weighted by Gasteiger charge is -2.31. The van der Waals surface area contributed by atoms with Gasteiger partial charge in [-0.15, -0.1) is 0 Å². The van der Waals surface area contributed by atoms with Gasteiger partial charge in [0, 0.05) is 30.3 Å². The Kier molecular flexibility index (Phi) is 5.64.